The van der Waals surface area contributed by atoms with Gasteiger partial charge in [0.1, 0.15) is 0 Å². The topological polar surface area (TPSA) is 48.7 Å². The highest BCUT2D eigenvalue weighted by Crippen LogP contribution is 2.36. The second-order valence-corrected chi connectivity index (χ2v) is 5.96. The molecule has 1 aliphatic rings. The van der Waals surface area contributed by atoms with Crippen LogP contribution in [0.3, 0.4) is 0 Å². The molecular formula is C20H15N3O2. The molecule has 2 aromatic carbocycles. The predicted molar refractivity (Wildman–Crippen MR) is 94.7 cm³/mol. The molecule has 0 saturated heterocycles. The first-order valence-corrected chi connectivity index (χ1v) is 8.11. The minimum absolute atomic E-state index is 0.267. The first kappa shape index (κ1) is 14.0. The van der Waals surface area contributed by atoms with Gasteiger partial charge in [-0.15, -0.1) is 0 Å². The molecule has 0 atom stereocenters. The van der Waals surface area contributed by atoms with E-state index in [2.05, 4.69) is 17.1 Å². The lowest BCUT2D eigenvalue weighted by Gasteiger charge is -2.06. The lowest BCUT2D eigenvalue weighted by atomic mass is 10.1. The van der Waals surface area contributed by atoms with E-state index in [-0.39, 0.29) is 6.79 Å². The van der Waals surface area contributed by atoms with Crippen LogP contribution in [0.5, 0.6) is 11.5 Å². The van der Waals surface area contributed by atoms with E-state index in [9.17, 15) is 0 Å². The Hall–Kier alpha value is -3.34. The van der Waals surface area contributed by atoms with Crippen molar-refractivity contribution in [1.82, 2.24) is 14.6 Å². The van der Waals surface area contributed by atoms with Crippen molar-refractivity contribution in [2.24, 2.45) is 0 Å². The SMILES string of the molecule is Cc1nn2c(-c3ccc4c(c3)OCO4)ccnc2c1-c1ccccc1. The van der Waals surface area contributed by atoms with Crippen LogP contribution < -0.4 is 9.47 Å². The van der Waals surface area contributed by atoms with Gasteiger partial charge >= 0.3 is 0 Å². The molecule has 4 aromatic rings. The monoisotopic (exact) mass is 329 g/mol. The minimum Gasteiger partial charge on any atom is -0.454 e. The number of ether oxygens (including phenoxy) is 2. The van der Waals surface area contributed by atoms with Gasteiger partial charge in [0, 0.05) is 17.3 Å². The molecule has 0 bridgehead atoms. The molecule has 0 unspecified atom stereocenters. The molecule has 0 N–H and O–H groups in total. The Morgan fingerprint density at radius 2 is 1.76 bits per heavy atom. The van der Waals surface area contributed by atoms with E-state index >= 15 is 0 Å². The molecule has 5 nitrogen and oxygen atoms in total. The largest absolute Gasteiger partial charge is 0.454 e. The molecule has 1 aliphatic heterocycles. The quantitative estimate of drug-likeness (QED) is 0.555. The van der Waals surface area contributed by atoms with Crippen molar-refractivity contribution in [3.05, 3.63) is 66.5 Å². The fourth-order valence-electron chi connectivity index (χ4n) is 3.27. The van der Waals surface area contributed by atoms with Gasteiger partial charge < -0.3 is 9.47 Å². The van der Waals surface area contributed by atoms with Crippen LogP contribution in [-0.4, -0.2) is 21.4 Å². The Balaban J connectivity index is 1.73. The zero-order valence-corrected chi connectivity index (χ0v) is 13.6. The van der Waals surface area contributed by atoms with Gasteiger partial charge in [0.05, 0.1) is 11.4 Å². The lowest BCUT2D eigenvalue weighted by Crippen LogP contribution is -1.96. The summed E-state index contributed by atoms with van der Waals surface area (Å²) in [6.45, 7) is 2.28. The third kappa shape index (κ3) is 2.16. The molecule has 0 amide bonds. The van der Waals surface area contributed by atoms with E-state index in [4.69, 9.17) is 14.6 Å². The first-order valence-electron chi connectivity index (χ1n) is 8.11. The third-order valence-corrected chi connectivity index (χ3v) is 4.42. The van der Waals surface area contributed by atoms with Crippen LogP contribution in [0.4, 0.5) is 0 Å². The summed E-state index contributed by atoms with van der Waals surface area (Å²) in [7, 11) is 0. The Morgan fingerprint density at radius 3 is 2.64 bits per heavy atom. The smallest absolute Gasteiger partial charge is 0.231 e. The second-order valence-electron chi connectivity index (χ2n) is 5.96. The standard InChI is InChI=1S/C20H15N3O2/c1-13-19(14-5-3-2-4-6-14)20-21-10-9-16(23(20)22-13)15-7-8-17-18(11-15)25-12-24-17/h2-11H,12H2,1H3. The summed E-state index contributed by atoms with van der Waals surface area (Å²) < 4.78 is 12.8. The summed E-state index contributed by atoms with van der Waals surface area (Å²) >= 11 is 0. The fourth-order valence-corrected chi connectivity index (χ4v) is 3.27. The number of aryl methyl sites for hydroxylation is 1. The number of hydrogen-bond donors (Lipinski definition) is 0. The van der Waals surface area contributed by atoms with Crippen molar-refractivity contribution in [3.8, 4) is 33.9 Å². The summed E-state index contributed by atoms with van der Waals surface area (Å²) in [5, 5.41) is 4.74. The number of rotatable bonds is 2. The van der Waals surface area contributed by atoms with Gasteiger partial charge in [0.2, 0.25) is 6.79 Å². The zero-order valence-electron chi connectivity index (χ0n) is 13.6. The Labute approximate surface area is 144 Å². The third-order valence-electron chi connectivity index (χ3n) is 4.42. The van der Waals surface area contributed by atoms with Crippen molar-refractivity contribution in [2.45, 2.75) is 6.92 Å². The van der Waals surface area contributed by atoms with Gasteiger partial charge in [-0.05, 0) is 36.8 Å². The molecule has 25 heavy (non-hydrogen) atoms. The van der Waals surface area contributed by atoms with Crippen LogP contribution in [-0.2, 0) is 0 Å². The fraction of sp³-hybridized carbons (Fsp3) is 0.100. The molecule has 3 heterocycles. The van der Waals surface area contributed by atoms with E-state index in [0.717, 1.165) is 45.2 Å². The highest BCUT2D eigenvalue weighted by atomic mass is 16.7. The van der Waals surface area contributed by atoms with Crippen molar-refractivity contribution in [2.75, 3.05) is 6.79 Å². The van der Waals surface area contributed by atoms with Crippen molar-refractivity contribution >= 4 is 5.65 Å². The molecular weight excluding hydrogens is 314 g/mol. The van der Waals surface area contributed by atoms with Gasteiger partial charge in [-0.25, -0.2) is 9.50 Å². The van der Waals surface area contributed by atoms with Crippen LogP contribution in [0.2, 0.25) is 0 Å². The number of nitrogens with zero attached hydrogens (tertiary/aromatic N) is 3. The molecule has 0 spiro atoms. The van der Waals surface area contributed by atoms with Crippen LogP contribution in [0.1, 0.15) is 5.69 Å². The average Bonchev–Trinajstić information content (AvgIpc) is 3.24. The highest BCUT2D eigenvalue weighted by Gasteiger charge is 2.18. The molecule has 0 fully saturated rings. The summed E-state index contributed by atoms with van der Waals surface area (Å²) in [6.07, 6.45) is 1.82. The second kappa shape index (κ2) is 5.34. The maximum absolute atomic E-state index is 5.50. The summed E-state index contributed by atoms with van der Waals surface area (Å²) in [4.78, 5) is 4.58. The number of fused-ring (bicyclic) bond motifs is 2. The van der Waals surface area contributed by atoms with Crippen molar-refractivity contribution < 1.29 is 9.47 Å². The number of aromatic nitrogens is 3. The molecule has 0 aliphatic carbocycles. The van der Waals surface area contributed by atoms with Crippen LogP contribution >= 0.6 is 0 Å². The van der Waals surface area contributed by atoms with Gasteiger partial charge in [-0.2, -0.15) is 5.10 Å². The lowest BCUT2D eigenvalue weighted by molar-refractivity contribution is 0.174. The van der Waals surface area contributed by atoms with Gasteiger partial charge in [0.15, 0.2) is 17.1 Å². The van der Waals surface area contributed by atoms with Gasteiger partial charge in [0.25, 0.3) is 0 Å². The van der Waals surface area contributed by atoms with Crippen LogP contribution in [0, 0.1) is 6.92 Å². The average molecular weight is 329 g/mol. The molecule has 0 saturated carbocycles. The van der Waals surface area contributed by atoms with Crippen LogP contribution in [0.25, 0.3) is 28.0 Å². The highest BCUT2D eigenvalue weighted by molar-refractivity contribution is 5.81. The molecule has 2 aromatic heterocycles. The number of hydrogen-bond acceptors (Lipinski definition) is 4. The predicted octanol–water partition coefficient (Wildman–Crippen LogP) is 4.10. The molecule has 122 valence electrons. The Morgan fingerprint density at radius 1 is 0.920 bits per heavy atom. The maximum Gasteiger partial charge on any atom is 0.231 e. The Bertz CT molecular complexity index is 1090. The Kier molecular flexibility index (Phi) is 3.00. The van der Waals surface area contributed by atoms with Gasteiger partial charge in [-0.3, -0.25) is 0 Å². The van der Waals surface area contributed by atoms with E-state index in [1.165, 1.54) is 0 Å². The van der Waals surface area contributed by atoms with Crippen molar-refractivity contribution in [1.29, 1.82) is 0 Å². The summed E-state index contributed by atoms with van der Waals surface area (Å²) in [5.74, 6) is 1.53. The summed E-state index contributed by atoms with van der Waals surface area (Å²) in [5.41, 5.74) is 5.95. The molecule has 5 heteroatoms. The van der Waals surface area contributed by atoms with Crippen LogP contribution in [0.15, 0.2) is 60.8 Å². The summed E-state index contributed by atoms with van der Waals surface area (Å²) in [6, 6.07) is 18.1. The normalized spacial score (nSPS) is 12.7. The maximum atomic E-state index is 5.50. The van der Waals surface area contributed by atoms with E-state index < -0.39 is 0 Å². The van der Waals surface area contributed by atoms with Gasteiger partial charge in [-0.1, -0.05) is 30.3 Å². The zero-order chi connectivity index (χ0) is 16.8. The number of benzene rings is 2. The van der Waals surface area contributed by atoms with E-state index in [1.54, 1.807) is 0 Å². The van der Waals surface area contributed by atoms with E-state index in [0.29, 0.717) is 0 Å². The first-order chi connectivity index (χ1) is 12.3. The van der Waals surface area contributed by atoms with Crippen molar-refractivity contribution in [3.63, 3.8) is 0 Å². The molecule has 5 rings (SSSR count). The molecule has 0 radical (unpaired) electrons. The minimum atomic E-state index is 0.267. The van der Waals surface area contributed by atoms with E-state index in [1.807, 2.05) is 60.1 Å².